The molecule has 0 aliphatic carbocycles. The van der Waals surface area contributed by atoms with Gasteiger partial charge in [-0.1, -0.05) is 51.2 Å². The van der Waals surface area contributed by atoms with Crippen LogP contribution in [0.15, 0.2) is 24.3 Å². The molecule has 0 radical (unpaired) electrons. The van der Waals surface area contributed by atoms with Crippen LogP contribution in [-0.4, -0.2) is 44.7 Å². The highest BCUT2D eigenvalue weighted by Crippen LogP contribution is 2.19. The minimum absolute atomic E-state index is 0.285. The maximum absolute atomic E-state index is 12.2. The minimum atomic E-state index is -0.285. The highest BCUT2D eigenvalue weighted by atomic mass is 16.5. The van der Waals surface area contributed by atoms with Gasteiger partial charge >= 0.3 is 5.97 Å². The number of rotatable bonds is 13. The molecule has 1 rings (SSSR count). The summed E-state index contributed by atoms with van der Waals surface area (Å²) in [6.45, 7) is 4.26. The number of carbonyl (C=O) groups excluding carboxylic acids is 1. The number of nitrogens with zero attached hydrogens (tertiary/aromatic N) is 1. The number of unbranched alkanes of at least 4 members (excludes halogenated alkanes) is 5. The zero-order valence-electron chi connectivity index (χ0n) is 15.6. The minimum Gasteiger partial charge on any atom is -0.493 e. The summed E-state index contributed by atoms with van der Waals surface area (Å²) in [4.78, 5) is 14.3. The summed E-state index contributed by atoms with van der Waals surface area (Å²) in [6, 6.07) is 7.32. The summed E-state index contributed by atoms with van der Waals surface area (Å²) in [5, 5.41) is 0. The molecule has 0 amide bonds. The third-order valence-corrected chi connectivity index (χ3v) is 3.85. The Morgan fingerprint density at radius 1 is 0.958 bits per heavy atom. The second-order valence-corrected chi connectivity index (χ2v) is 6.41. The lowest BCUT2D eigenvalue weighted by Gasteiger charge is -2.13. The van der Waals surface area contributed by atoms with Crippen LogP contribution in [0.2, 0.25) is 0 Å². The van der Waals surface area contributed by atoms with Crippen LogP contribution in [0.5, 0.6) is 5.75 Å². The van der Waals surface area contributed by atoms with Crippen LogP contribution in [0, 0.1) is 0 Å². The van der Waals surface area contributed by atoms with Gasteiger partial charge in [-0.2, -0.15) is 0 Å². The van der Waals surface area contributed by atoms with Gasteiger partial charge in [-0.15, -0.1) is 0 Å². The Bertz CT molecular complexity index is 460. The number of carbonyl (C=O) groups is 1. The SMILES string of the molecule is CCCCCCCCOC(=O)c1ccccc1OCCCN(C)C. The van der Waals surface area contributed by atoms with Gasteiger partial charge in [-0.25, -0.2) is 4.79 Å². The highest BCUT2D eigenvalue weighted by Gasteiger charge is 2.13. The Labute approximate surface area is 147 Å². The molecule has 0 aromatic heterocycles. The van der Waals surface area contributed by atoms with Crippen molar-refractivity contribution in [3.63, 3.8) is 0 Å². The van der Waals surface area contributed by atoms with Crippen molar-refractivity contribution in [2.75, 3.05) is 33.9 Å². The Morgan fingerprint density at radius 3 is 2.42 bits per heavy atom. The molecule has 1 aromatic rings. The molecule has 1 aromatic carbocycles. The summed E-state index contributed by atoms with van der Waals surface area (Å²) < 4.78 is 11.1. The number of ether oxygens (including phenoxy) is 2. The van der Waals surface area contributed by atoms with Gasteiger partial charge in [0.15, 0.2) is 0 Å². The summed E-state index contributed by atoms with van der Waals surface area (Å²) in [6.07, 6.45) is 8.01. The van der Waals surface area contributed by atoms with E-state index in [2.05, 4.69) is 11.8 Å². The summed E-state index contributed by atoms with van der Waals surface area (Å²) in [7, 11) is 4.07. The van der Waals surface area contributed by atoms with Crippen LogP contribution in [0.4, 0.5) is 0 Å². The molecule has 4 nitrogen and oxygen atoms in total. The summed E-state index contributed by atoms with van der Waals surface area (Å²) in [5.74, 6) is 0.330. The van der Waals surface area contributed by atoms with Crippen molar-refractivity contribution in [1.82, 2.24) is 4.90 Å². The fourth-order valence-electron chi connectivity index (χ4n) is 2.45. The van der Waals surface area contributed by atoms with Gasteiger partial charge in [-0.05, 0) is 39.1 Å². The van der Waals surface area contributed by atoms with Crippen LogP contribution < -0.4 is 4.74 Å². The Kier molecular flexibility index (Phi) is 10.9. The quantitative estimate of drug-likeness (QED) is 0.392. The predicted octanol–water partition coefficient (Wildman–Crippen LogP) is 4.53. The zero-order chi connectivity index (χ0) is 17.6. The molecule has 0 unspecified atom stereocenters. The van der Waals surface area contributed by atoms with Crippen molar-refractivity contribution in [3.05, 3.63) is 29.8 Å². The van der Waals surface area contributed by atoms with Crippen LogP contribution >= 0.6 is 0 Å². The van der Waals surface area contributed by atoms with E-state index in [9.17, 15) is 4.79 Å². The maximum atomic E-state index is 12.2. The molecule has 4 heteroatoms. The molecule has 0 bridgehead atoms. The fraction of sp³-hybridized carbons (Fsp3) is 0.650. The molecule has 0 aliphatic rings. The van der Waals surface area contributed by atoms with Crippen LogP contribution in [0.25, 0.3) is 0 Å². The van der Waals surface area contributed by atoms with Gasteiger partial charge in [0.2, 0.25) is 0 Å². The standard InChI is InChI=1S/C20H33NO3/c1-4-5-6-7-8-11-16-24-20(22)18-13-9-10-14-19(18)23-17-12-15-21(2)3/h9-10,13-14H,4-8,11-12,15-17H2,1-3H3. The van der Waals surface area contributed by atoms with Crippen LogP contribution in [0.3, 0.4) is 0 Å². The lowest BCUT2D eigenvalue weighted by atomic mass is 10.1. The molecule has 0 N–H and O–H groups in total. The van der Waals surface area contributed by atoms with E-state index >= 15 is 0 Å². The first-order valence-corrected chi connectivity index (χ1v) is 9.18. The van der Waals surface area contributed by atoms with E-state index in [1.807, 2.05) is 32.3 Å². The van der Waals surface area contributed by atoms with Crippen molar-refractivity contribution in [1.29, 1.82) is 0 Å². The molecule has 0 saturated heterocycles. The molecular weight excluding hydrogens is 302 g/mol. The van der Waals surface area contributed by atoms with Crippen molar-refractivity contribution in [3.8, 4) is 5.75 Å². The second-order valence-electron chi connectivity index (χ2n) is 6.41. The van der Waals surface area contributed by atoms with E-state index in [0.29, 0.717) is 24.5 Å². The number of hydrogen-bond acceptors (Lipinski definition) is 4. The molecule has 0 heterocycles. The molecule has 136 valence electrons. The first kappa shape index (κ1) is 20.5. The number of para-hydroxylation sites is 1. The van der Waals surface area contributed by atoms with Gasteiger partial charge in [0.25, 0.3) is 0 Å². The monoisotopic (exact) mass is 335 g/mol. The van der Waals surface area contributed by atoms with Gasteiger partial charge in [0.1, 0.15) is 11.3 Å². The van der Waals surface area contributed by atoms with Crippen molar-refractivity contribution < 1.29 is 14.3 Å². The van der Waals surface area contributed by atoms with E-state index in [4.69, 9.17) is 9.47 Å². The normalized spacial score (nSPS) is 10.8. The third-order valence-electron chi connectivity index (χ3n) is 3.85. The fourth-order valence-corrected chi connectivity index (χ4v) is 2.45. The molecule has 0 fully saturated rings. The number of benzene rings is 1. The first-order chi connectivity index (χ1) is 11.6. The van der Waals surface area contributed by atoms with E-state index in [0.717, 1.165) is 25.8 Å². The maximum Gasteiger partial charge on any atom is 0.341 e. The largest absolute Gasteiger partial charge is 0.493 e. The van der Waals surface area contributed by atoms with E-state index in [-0.39, 0.29) is 5.97 Å². The summed E-state index contributed by atoms with van der Waals surface area (Å²) >= 11 is 0. The molecule has 0 saturated carbocycles. The Morgan fingerprint density at radius 2 is 1.67 bits per heavy atom. The predicted molar refractivity (Wildman–Crippen MR) is 98.8 cm³/mol. The van der Waals surface area contributed by atoms with Gasteiger partial charge < -0.3 is 14.4 Å². The smallest absolute Gasteiger partial charge is 0.341 e. The zero-order valence-corrected chi connectivity index (χ0v) is 15.6. The molecule has 0 spiro atoms. The van der Waals surface area contributed by atoms with Crippen molar-refractivity contribution in [2.24, 2.45) is 0 Å². The van der Waals surface area contributed by atoms with Gasteiger partial charge in [-0.3, -0.25) is 0 Å². The summed E-state index contributed by atoms with van der Waals surface area (Å²) in [5.41, 5.74) is 0.522. The van der Waals surface area contributed by atoms with E-state index < -0.39 is 0 Å². The number of hydrogen-bond donors (Lipinski definition) is 0. The average molecular weight is 335 g/mol. The molecule has 0 atom stereocenters. The lowest BCUT2D eigenvalue weighted by molar-refractivity contribution is 0.0493. The topological polar surface area (TPSA) is 38.8 Å². The van der Waals surface area contributed by atoms with Crippen LogP contribution in [-0.2, 0) is 4.74 Å². The molecule has 0 aliphatic heterocycles. The highest BCUT2D eigenvalue weighted by molar-refractivity contribution is 5.92. The van der Waals surface area contributed by atoms with Crippen molar-refractivity contribution >= 4 is 5.97 Å². The Balaban J connectivity index is 2.32. The number of esters is 1. The van der Waals surface area contributed by atoms with E-state index in [1.165, 1.54) is 25.7 Å². The lowest BCUT2D eigenvalue weighted by Crippen LogP contribution is -2.16. The molecule has 24 heavy (non-hydrogen) atoms. The van der Waals surface area contributed by atoms with Gasteiger partial charge in [0.05, 0.1) is 13.2 Å². The van der Waals surface area contributed by atoms with Crippen LogP contribution in [0.1, 0.15) is 62.2 Å². The first-order valence-electron chi connectivity index (χ1n) is 9.18. The third kappa shape index (κ3) is 8.92. The van der Waals surface area contributed by atoms with E-state index in [1.54, 1.807) is 6.07 Å². The second kappa shape index (κ2) is 12.8. The van der Waals surface area contributed by atoms with Gasteiger partial charge in [0, 0.05) is 6.54 Å². The van der Waals surface area contributed by atoms with Crippen molar-refractivity contribution in [2.45, 2.75) is 51.9 Å². The Hall–Kier alpha value is -1.55. The average Bonchev–Trinajstić information content (AvgIpc) is 2.58. The molecular formula is C20H33NO3.